The fourth-order valence-electron chi connectivity index (χ4n) is 4.25. The van der Waals surface area contributed by atoms with Crippen LogP contribution in [0.1, 0.15) is 46.2 Å². The largest absolute Gasteiger partial charge is 0.461 e. The van der Waals surface area contributed by atoms with Gasteiger partial charge in [0.25, 0.3) is 0 Å². The Bertz CT molecular complexity index is 1350. The number of aryl methyl sites for hydroxylation is 2. The number of aromatic nitrogens is 2. The van der Waals surface area contributed by atoms with Gasteiger partial charge in [0.2, 0.25) is 0 Å². The number of benzene rings is 2. The molecular weight excluding hydrogens is 557 g/mol. The van der Waals surface area contributed by atoms with Crippen molar-refractivity contribution < 1.29 is 26.7 Å². The van der Waals surface area contributed by atoms with Gasteiger partial charge in [-0.2, -0.15) is 17.6 Å². The highest BCUT2D eigenvalue weighted by Crippen LogP contribution is 2.34. The number of nitrogen functional groups attached to an aromatic ring is 1. The zero-order chi connectivity index (χ0) is 28.0. The number of thiazole rings is 1. The average Bonchev–Trinajstić information content (AvgIpc) is 3.28. The van der Waals surface area contributed by atoms with Gasteiger partial charge in [0.15, 0.2) is 5.13 Å². The van der Waals surface area contributed by atoms with Crippen LogP contribution in [-0.4, -0.2) is 22.5 Å². The van der Waals surface area contributed by atoms with Crippen molar-refractivity contribution in [3.05, 3.63) is 105 Å². The monoisotopic (exact) mass is 581 g/mol. The number of nitrogens with zero attached hydrogens (tertiary/aromatic N) is 2. The van der Waals surface area contributed by atoms with Gasteiger partial charge in [-0.05, 0) is 67.5 Å². The number of anilines is 1. The van der Waals surface area contributed by atoms with E-state index in [1.165, 1.54) is 36.0 Å². The number of hydrogen-bond acceptors (Lipinski definition) is 5. The maximum absolute atomic E-state index is 14.1. The Morgan fingerprint density at radius 3 is 2.44 bits per heavy atom. The third-order valence-electron chi connectivity index (χ3n) is 6.06. The molecule has 0 saturated heterocycles. The van der Waals surface area contributed by atoms with Gasteiger partial charge in [-0.25, -0.2) is 9.37 Å². The second kappa shape index (κ2) is 12.7. The van der Waals surface area contributed by atoms with Gasteiger partial charge >= 0.3 is 12.5 Å². The van der Waals surface area contributed by atoms with Crippen LogP contribution in [0.2, 0.25) is 5.02 Å². The molecule has 0 fully saturated rings. The Balaban J connectivity index is 0.000000292. The lowest BCUT2D eigenvalue weighted by molar-refractivity contribution is -0.253. The number of fused-ring (bicyclic) bond motifs is 1. The molecule has 0 amide bonds. The number of halogens is 6. The summed E-state index contributed by atoms with van der Waals surface area (Å²) in [6.45, 7) is 0. The first-order valence-corrected chi connectivity index (χ1v) is 13.3. The molecule has 1 unspecified atom stereocenters. The van der Waals surface area contributed by atoms with Crippen molar-refractivity contribution in [3.63, 3.8) is 0 Å². The molecule has 2 aromatic heterocycles. The minimum absolute atomic E-state index is 0.253. The zero-order valence-electron chi connectivity index (χ0n) is 20.6. The van der Waals surface area contributed by atoms with Gasteiger partial charge < -0.3 is 10.5 Å². The number of hydrogen-bond donors (Lipinski definition) is 1. The van der Waals surface area contributed by atoms with Gasteiger partial charge in [0.05, 0.1) is 10.7 Å². The Hall–Kier alpha value is -3.24. The smallest absolute Gasteiger partial charge is 0.428 e. The summed E-state index contributed by atoms with van der Waals surface area (Å²) in [6, 6.07) is 15.3. The highest BCUT2D eigenvalue weighted by Gasteiger charge is 2.44. The van der Waals surface area contributed by atoms with E-state index in [0.717, 1.165) is 29.2 Å². The Labute approximate surface area is 231 Å². The normalized spacial score (nSPS) is 13.8. The topological polar surface area (TPSA) is 61.0 Å². The van der Waals surface area contributed by atoms with Gasteiger partial charge in [0.1, 0.15) is 11.6 Å². The lowest BCUT2D eigenvalue weighted by Gasteiger charge is -2.21. The summed E-state index contributed by atoms with van der Waals surface area (Å²) in [4.78, 5) is 9.92. The lowest BCUT2D eigenvalue weighted by Crippen LogP contribution is -2.33. The predicted octanol–water partition coefficient (Wildman–Crippen LogP) is 8.09. The fourth-order valence-corrected chi connectivity index (χ4v) is 5.29. The molecule has 206 valence electrons. The summed E-state index contributed by atoms with van der Waals surface area (Å²) in [6.07, 6.45) is -2.07. The molecule has 0 radical (unpaired) electrons. The van der Waals surface area contributed by atoms with Gasteiger partial charge in [-0.1, -0.05) is 41.9 Å². The van der Waals surface area contributed by atoms with Crippen LogP contribution < -0.4 is 10.5 Å². The standard InChI is InChI=1S/C21H15ClF5NO.C7H10N2S/c22-15-6-7-19(28-12-15)18(8-13-4-2-1-3-5-13)14-9-16(23)11-17(10-14)29-21(26,27)20(24)25;8-7-9-5-3-1-2-4-6(5)10-7/h1-7,9-12,18,20H,8H2;1-4H2,(H2,8,9). The van der Waals surface area contributed by atoms with Crippen molar-refractivity contribution in [3.8, 4) is 5.75 Å². The summed E-state index contributed by atoms with van der Waals surface area (Å²) in [5.74, 6) is -2.14. The summed E-state index contributed by atoms with van der Waals surface area (Å²) < 4.78 is 69.7. The molecule has 5 rings (SSSR count). The maximum atomic E-state index is 14.1. The number of pyridine rings is 1. The Kier molecular flexibility index (Phi) is 9.40. The van der Waals surface area contributed by atoms with Crippen LogP contribution in [0.25, 0.3) is 0 Å². The van der Waals surface area contributed by atoms with Crippen LogP contribution in [0, 0.1) is 5.82 Å². The first-order chi connectivity index (χ1) is 18.6. The average molecular weight is 582 g/mol. The van der Waals surface area contributed by atoms with Crippen molar-refractivity contribution in [2.45, 2.75) is 50.6 Å². The third-order valence-corrected chi connectivity index (χ3v) is 7.27. The van der Waals surface area contributed by atoms with Crippen LogP contribution in [0.15, 0.2) is 66.9 Å². The van der Waals surface area contributed by atoms with Gasteiger partial charge in [-0.3, -0.25) is 4.98 Å². The van der Waals surface area contributed by atoms with Crippen molar-refractivity contribution in [2.75, 3.05) is 5.73 Å². The van der Waals surface area contributed by atoms with Crippen molar-refractivity contribution in [1.29, 1.82) is 0 Å². The van der Waals surface area contributed by atoms with E-state index in [1.54, 1.807) is 23.5 Å². The lowest BCUT2D eigenvalue weighted by atomic mass is 9.88. The second-order valence-electron chi connectivity index (χ2n) is 8.96. The molecule has 39 heavy (non-hydrogen) atoms. The molecule has 0 aliphatic heterocycles. The van der Waals surface area contributed by atoms with E-state index < -0.39 is 30.0 Å². The summed E-state index contributed by atoms with van der Waals surface area (Å²) in [7, 11) is 0. The third kappa shape index (κ3) is 7.89. The van der Waals surface area contributed by atoms with Crippen LogP contribution in [0.3, 0.4) is 0 Å². The van der Waals surface area contributed by atoms with Crippen LogP contribution in [0.5, 0.6) is 5.75 Å². The molecular formula is C28H25ClF5N3OS. The van der Waals surface area contributed by atoms with Crippen LogP contribution in [0.4, 0.5) is 27.1 Å². The van der Waals surface area contributed by atoms with Crippen LogP contribution in [-0.2, 0) is 19.3 Å². The van der Waals surface area contributed by atoms with E-state index in [9.17, 15) is 22.0 Å². The first kappa shape index (κ1) is 28.8. The second-order valence-corrected chi connectivity index (χ2v) is 10.5. The first-order valence-electron chi connectivity index (χ1n) is 12.2. The van der Waals surface area contributed by atoms with Crippen molar-refractivity contribution >= 4 is 28.1 Å². The maximum Gasteiger partial charge on any atom is 0.461 e. The van der Waals surface area contributed by atoms with Crippen LogP contribution >= 0.6 is 22.9 Å². The number of nitrogens with two attached hydrogens (primary N) is 1. The van der Waals surface area contributed by atoms with E-state index in [2.05, 4.69) is 14.7 Å². The molecule has 1 aliphatic rings. The van der Waals surface area contributed by atoms with E-state index in [1.807, 2.05) is 30.3 Å². The predicted molar refractivity (Wildman–Crippen MR) is 142 cm³/mol. The molecule has 0 bridgehead atoms. The van der Waals surface area contributed by atoms with Crippen molar-refractivity contribution in [2.24, 2.45) is 0 Å². The molecule has 2 aromatic carbocycles. The molecule has 1 aliphatic carbocycles. The molecule has 0 spiro atoms. The number of ether oxygens (including phenoxy) is 1. The molecule has 4 nitrogen and oxygen atoms in total. The molecule has 2 heterocycles. The highest BCUT2D eigenvalue weighted by molar-refractivity contribution is 7.15. The highest BCUT2D eigenvalue weighted by atomic mass is 35.5. The summed E-state index contributed by atoms with van der Waals surface area (Å²) in [5, 5.41) is 1.14. The summed E-state index contributed by atoms with van der Waals surface area (Å²) >= 11 is 7.54. The van der Waals surface area contributed by atoms with E-state index in [-0.39, 0.29) is 5.56 Å². The number of rotatable bonds is 7. The van der Waals surface area contributed by atoms with Gasteiger partial charge in [0, 0.05) is 28.8 Å². The van der Waals surface area contributed by atoms with E-state index in [0.29, 0.717) is 23.2 Å². The quantitative estimate of drug-likeness (QED) is 0.224. The zero-order valence-corrected chi connectivity index (χ0v) is 22.2. The fraction of sp³-hybridized carbons (Fsp3) is 0.286. The minimum atomic E-state index is -4.74. The summed E-state index contributed by atoms with van der Waals surface area (Å²) in [5.41, 5.74) is 8.47. The molecule has 1 atom stereocenters. The SMILES string of the molecule is Fc1cc(OC(F)(F)C(F)F)cc(C(Cc2ccccc2)c2ccc(Cl)cn2)c1.Nc1nc2c(s1)CCCC2. The van der Waals surface area contributed by atoms with E-state index >= 15 is 0 Å². The number of alkyl halides is 4. The Morgan fingerprint density at radius 1 is 1.03 bits per heavy atom. The van der Waals surface area contributed by atoms with Crippen molar-refractivity contribution in [1.82, 2.24) is 9.97 Å². The van der Waals surface area contributed by atoms with E-state index in [4.69, 9.17) is 17.3 Å². The minimum Gasteiger partial charge on any atom is -0.428 e. The Morgan fingerprint density at radius 2 is 1.77 bits per heavy atom. The molecule has 4 aromatic rings. The molecule has 2 N–H and O–H groups in total. The molecule has 11 heteroatoms. The molecule has 0 saturated carbocycles. The van der Waals surface area contributed by atoms with Gasteiger partial charge in [-0.15, -0.1) is 11.3 Å².